The van der Waals surface area contributed by atoms with Crippen molar-refractivity contribution in [2.75, 3.05) is 19.8 Å². The Morgan fingerprint density at radius 3 is 2.44 bits per heavy atom. The van der Waals surface area contributed by atoms with E-state index in [2.05, 4.69) is 48.5 Å². The molecule has 1 heterocycles. The minimum atomic E-state index is 0.123. The number of rotatable bonds is 1. The van der Waals surface area contributed by atoms with Crippen molar-refractivity contribution in [2.24, 2.45) is 0 Å². The van der Waals surface area contributed by atoms with Crippen LogP contribution in [0.1, 0.15) is 6.92 Å². The number of hydrogen-bond donors (Lipinski definition) is 0. The maximum absolute atomic E-state index is 2.34. The van der Waals surface area contributed by atoms with E-state index in [0.717, 1.165) is 5.25 Å². The van der Waals surface area contributed by atoms with Gasteiger partial charge < -0.3 is 0 Å². The molecule has 2 atom stereocenters. The lowest BCUT2D eigenvalue weighted by Gasteiger charge is -2.15. The van der Waals surface area contributed by atoms with E-state index in [4.69, 9.17) is 0 Å². The molecular formula is C5H12NPS2. The molecule has 54 valence electrons. The van der Waals surface area contributed by atoms with Crippen LogP contribution in [0.15, 0.2) is 0 Å². The zero-order chi connectivity index (χ0) is 6.85. The Kier molecular flexibility index (Phi) is 3.16. The Balaban J connectivity index is 2.30. The van der Waals surface area contributed by atoms with Gasteiger partial charge in [-0.05, 0) is 14.1 Å². The minimum absolute atomic E-state index is 0.123. The molecular weight excluding hydrogens is 169 g/mol. The van der Waals surface area contributed by atoms with E-state index >= 15 is 0 Å². The van der Waals surface area contributed by atoms with Gasteiger partial charge in [0.15, 0.2) is 0 Å². The monoisotopic (exact) mass is 181 g/mol. The van der Waals surface area contributed by atoms with Gasteiger partial charge in [0.25, 0.3) is 0 Å². The van der Waals surface area contributed by atoms with E-state index in [0.29, 0.717) is 0 Å². The van der Waals surface area contributed by atoms with Gasteiger partial charge >= 0.3 is 0 Å². The van der Waals surface area contributed by atoms with Crippen molar-refractivity contribution in [1.29, 1.82) is 0 Å². The van der Waals surface area contributed by atoms with Gasteiger partial charge in [0.05, 0.1) is 6.48 Å². The van der Waals surface area contributed by atoms with Crippen LogP contribution in [0.3, 0.4) is 0 Å². The van der Waals surface area contributed by atoms with Gasteiger partial charge in [-0.2, -0.15) is 0 Å². The van der Waals surface area contributed by atoms with Crippen LogP contribution < -0.4 is 0 Å². The van der Waals surface area contributed by atoms with Crippen LogP contribution in [0, 0.1) is 0 Å². The largest absolute Gasteiger partial charge is 0.272 e. The molecule has 0 aromatic rings. The van der Waals surface area contributed by atoms with E-state index in [-0.39, 0.29) is 6.48 Å². The lowest BCUT2D eigenvalue weighted by Crippen LogP contribution is -1.97. The summed E-state index contributed by atoms with van der Waals surface area (Å²) in [7, 11) is 4.34. The molecule has 0 aromatic carbocycles. The fourth-order valence-corrected chi connectivity index (χ4v) is 8.85. The van der Waals surface area contributed by atoms with Crippen LogP contribution in [-0.2, 0) is 0 Å². The van der Waals surface area contributed by atoms with Crippen LogP contribution in [-0.4, -0.2) is 29.8 Å². The van der Waals surface area contributed by atoms with Crippen molar-refractivity contribution in [2.45, 2.75) is 12.2 Å². The zero-order valence-corrected chi connectivity index (χ0v) is 8.52. The molecule has 0 saturated carbocycles. The van der Waals surface area contributed by atoms with Gasteiger partial charge in [-0.25, -0.2) is 0 Å². The van der Waals surface area contributed by atoms with Gasteiger partial charge in [0.1, 0.15) is 0 Å². The molecule has 0 radical (unpaired) electrons. The lowest BCUT2D eigenvalue weighted by molar-refractivity contribution is 0.698. The van der Waals surface area contributed by atoms with Crippen molar-refractivity contribution in [3.05, 3.63) is 0 Å². The second kappa shape index (κ2) is 3.47. The maximum atomic E-state index is 2.34. The van der Waals surface area contributed by atoms with Gasteiger partial charge in [-0.15, -0.1) is 22.8 Å². The van der Waals surface area contributed by atoms with Gasteiger partial charge in [-0.3, -0.25) is 4.67 Å². The molecule has 1 nitrogen and oxygen atoms in total. The molecule has 0 aromatic heterocycles. The van der Waals surface area contributed by atoms with Crippen LogP contribution in [0.5, 0.6) is 0 Å². The second-order valence-corrected chi connectivity index (χ2v) is 9.36. The molecule has 0 N–H and O–H groups in total. The van der Waals surface area contributed by atoms with Gasteiger partial charge in [-0.1, -0.05) is 6.92 Å². The highest BCUT2D eigenvalue weighted by molar-refractivity contribution is 8.89. The molecule has 1 fully saturated rings. The molecule has 0 bridgehead atoms. The third-order valence-electron chi connectivity index (χ3n) is 1.02. The molecule has 2 unspecified atom stereocenters. The van der Waals surface area contributed by atoms with Crippen molar-refractivity contribution >= 4 is 29.2 Å². The predicted octanol–water partition coefficient (Wildman–Crippen LogP) is 2.64. The fourth-order valence-electron chi connectivity index (χ4n) is 0.593. The maximum Gasteiger partial charge on any atom is 0.0873 e. The van der Waals surface area contributed by atoms with Crippen molar-refractivity contribution in [3.63, 3.8) is 0 Å². The Morgan fingerprint density at radius 2 is 2.22 bits per heavy atom. The van der Waals surface area contributed by atoms with Gasteiger partial charge in [0, 0.05) is 11.0 Å². The number of hydrogen-bond acceptors (Lipinski definition) is 3. The molecule has 9 heavy (non-hydrogen) atoms. The SMILES string of the molecule is CC1CSP(N(C)C)S1. The first-order valence-electron chi connectivity index (χ1n) is 2.97. The molecule has 1 aliphatic rings. The molecule has 0 amide bonds. The smallest absolute Gasteiger partial charge is 0.0873 e. The van der Waals surface area contributed by atoms with E-state index in [1.807, 2.05) is 0 Å². The zero-order valence-electron chi connectivity index (χ0n) is 6.00. The van der Waals surface area contributed by atoms with Gasteiger partial charge in [0.2, 0.25) is 0 Å². The highest BCUT2D eigenvalue weighted by Gasteiger charge is 2.24. The third-order valence-corrected chi connectivity index (χ3v) is 9.87. The molecule has 0 aliphatic carbocycles. The molecule has 4 heteroatoms. The highest BCUT2D eigenvalue weighted by Crippen LogP contribution is 2.69. The topological polar surface area (TPSA) is 3.24 Å². The molecule has 0 spiro atoms. The summed E-state index contributed by atoms with van der Waals surface area (Å²) in [6.07, 6.45) is 0. The van der Waals surface area contributed by atoms with Crippen LogP contribution in [0.25, 0.3) is 0 Å². The van der Waals surface area contributed by atoms with Crippen LogP contribution >= 0.6 is 29.2 Å². The Hall–Kier alpha value is 1.09. The highest BCUT2D eigenvalue weighted by atomic mass is 33.1. The van der Waals surface area contributed by atoms with E-state index in [9.17, 15) is 0 Å². The normalized spacial score (nSPS) is 36.0. The third kappa shape index (κ3) is 2.30. The average molecular weight is 181 g/mol. The van der Waals surface area contributed by atoms with Crippen molar-refractivity contribution < 1.29 is 0 Å². The van der Waals surface area contributed by atoms with Crippen LogP contribution in [0.4, 0.5) is 0 Å². The van der Waals surface area contributed by atoms with E-state index in [1.54, 1.807) is 0 Å². The summed E-state index contributed by atoms with van der Waals surface area (Å²) in [5, 5.41) is 0.878. The van der Waals surface area contributed by atoms with E-state index < -0.39 is 0 Å². The lowest BCUT2D eigenvalue weighted by atomic mass is 10.6. The second-order valence-electron chi connectivity index (χ2n) is 2.30. The molecule has 1 aliphatic heterocycles. The Labute approximate surface area is 66.3 Å². The summed E-state index contributed by atoms with van der Waals surface area (Å²) >= 11 is 4.24. The summed E-state index contributed by atoms with van der Waals surface area (Å²) in [5.41, 5.74) is 0. The first-order chi connectivity index (χ1) is 4.20. The first kappa shape index (κ1) is 8.19. The fraction of sp³-hybridized carbons (Fsp3) is 1.00. The predicted molar refractivity (Wildman–Crippen MR) is 50.1 cm³/mol. The first-order valence-corrected chi connectivity index (χ1v) is 7.34. The molecule has 1 rings (SSSR count). The minimum Gasteiger partial charge on any atom is -0.272 e. The Bertz CT molecular complexity index is 99.0. The number of nitrogens with zero attached hydrogens (tertiary/aromatic N) is 1. The van der Waals surface area contributed by atoms with E-state index in [1.165, 1.54) is 5.75 Å². The summed E-state index contributed by atoms with van der Waals surface area (Å²) in [5.74, 6) is 1.34. The van der Waals surface area contributed by atoms with Crippen molar-refractivity contribution in [1.82, 2.24) is 4.67 Å². The Morgan fingerprint density at radius 1 is 1.56 bits per heavy atom. The summed E-state index contributed by atoms with van der Waals surface area (Å²) in [6, 6.07) is 0. The average Bonchev–Trinajstić information content (AvgIpc) is 2.14. The quantitative estimate of drug-likeness (QED) is 0.572. The summed E-state index contributed by atoms with van der Waals surface area (Å²) in [4.78, 5) is 0. The summed E-state index contributed by atoms with van der Waals surface area (Å²) < 4.78 is 2.34. The standard InChI is InChI=1S/C5H12NPS2/c1-5-4-8-7(9-5)6(2)3/h5H,4H2,1-3H3. The van der Waals surface area contributed by atoms with Crippen molar-refractivity contribution in [3.8, 4) is 0 Å². The molecule has 1 saturated heterocycles. The van der Waals surface area contributed by atoms with Crippen LogP contribution in [0.2, 0.25) is 0 Å². The summed E-state index contributed by atoms with van der Waals surface area (Å²) in [6.45, 7) is 2.43.